The van der Waals surface area contributed by atoms with Crippen molar-refractivity contribution in [3.63, 3.8) is 0 Å². The lowest BCUT2D eigenvalue weighted by molar-refractivity contribution is -0.135. The number of hydrogen-bond donors (Lipinski definition) is 1. The van der Waals surface area contributed by atoms with E-state index in [0.717, 1.165) is 23.3 Å². The second kappa shape index (κ2) is 13.1. The van der Waals surface area contributed by atoms with Crippen molar-refractivity contribution in [1.29, 1.82) is 0 Å². The summed E-state index contributed by atoms with van der Waals surface area (Å²) in [6, 6.07) is 14.6. The van der Waals surface area contributed by atoms with Gasteiger partial charge in [0.2, 0.25) is 11.8 Å². The minimum Gasteiger partial charge on any atom is -0.497 e. The molecule has 7 heteroatoms. The van der Waals surface area contributed by atoms with Crippen LogP contribution in [0.25, 0.3) is 0 Å². The molecule has 3 rings (SSSR count). The van der Waals surface area contributed by atoms with Crippen LogP contribution < -0.4 is 10.1 Å². The van der Waals surface area contributed by atoms with Crippen LogP contribution in [0.4, 0.5) is 0 Å². The summed E-state index contributed by atoms with van der Waals surface area (Å²) < 4.78 is 5.19. The first-order valence-electron chi connectivity index (χ1n) is 12.8. The molecule has 1 aliphatic heterocycles. The Labute approximate surface area is 214 Å². The maximum Gasteiger partial charge on any atom is 0.252 e. The fourth-order valence-electron chi connectivity index (χ4n) is 4.57. The fraction of sp³-hybridized carbons (Fsp3) is 0.483. The minimum absolute atomic E-state index is 0.0711. The Kier molecular flexibility index (Phi) is 9.91. The van der Waals surface area contributed by atoms with Crippen LogP contribution in [0.1, 0.15) is 54.6 Å². The maximum atomic E-state index is 13.5. The first kappa shape index (κ1) is 27.2. The molecule has 2 aromatic carbocycles. The molecular weight excluding hydrogens is 454 g/mol. The molecule has 2 aromatic rings. The molecule has 1 heterocycles. The molecule has 1 N–H and O–H groups in total. The number of aryl methyl sites for hydroxylation is 2. The second-order valence-corrected chi connectivity index (χ2v) is 9.88. The SMILES string of the molecule is COc1ccc(CCC(=O)N2CCCN(C(=O)C(CC(C)C)NC(=O)c3ccccc3C)CC2)cc1. The van der Waals surface area contributed by atoms with Gasteiger partial charge in [0.15, 0.2) is 0 Å². The molecule has 1 saturated heterocycles. The second-order valence-electron chi connectivity index (χ2n) is 9.88. The van der Waals surface area contributed by atoms with E-state index in [-0.39, 0.29) is 23.6 Å². The number of methoxy groups -OCH3 is 1. The number of amides is 3. The lowest BCUT2D eigenvalue weighted by Crippen LogP contribution is -2.50. The predicted molar refractivity (Wildman–Crippen MR) is 141 cm³/mol. The molecule has 1 aliphatic rings. The number of rotatable bonds is 9. The monoisotopic (exact) mass is 493 g/mol. The van der Waals surface area contributed by atoms with Gasteiger partial charge in [0.1, 0.15) is 11.8 Å². The molecule has 0 radical (unpaired) electrons. The molecule has 0 saturated carbocycles. The van der Waals surface area contributed by atoms with Crippen molar-refractivity contribution in [1.82, 2.24) is 15.1 Å². The molecule has 0 aliphatic carbocycles. The van der Waals surface area contributed by atoms with Crippen LogP contribution in [-0.4, -0.2) is 66.9 Å². The number of carbonyl (C=O) groups excluding carboxylic acids is 3. The third kappa shape index (κ3) is 7.57. The minimum atomic E-state index is -0.588. The largest absolute Gasteiger partial charge is 0.497 e. The van der Waals surface area contributed by atoms with Crippen LogP contribution in [-0.2, 0) is 16.0 Å². The Bertz CT molecular complexity index is 1040. The summed E-state index contributed by atoms with van der Waals surface area (Å²) in [6.45, 7) is 8.18. The average Bonchev–Trinajstić information content (AvgIpc) is 3.13. The van der Waals surface area contributed by atoms with Crippen molar-refractivity contribution in [2.75, 3.05) is 33.3 Å². The van der Waals surface area contributed by atoms with Crippen molar-refractivity contribution in [3.8, 4) is 5.75 Å². The highest BCUT2D eigenvalue weighted by Crippen LogP contribution is 2.16. The molecule has 36 heavy (non-hydrogen) atoms. The summed E-state index contributed by atoms with van der Waals surface area (Å²) in [4.78, 5) is 43.0. The van der Waals surface area contributed by atoms with Crippen LogP contribution >= 0.6 is 0 Å². The highest BCUT2D eigenvalue weighted by atomic mass is 16.5. The predicted octanol–water partition coefficient (Wildman–Crippen LogP) is 3.84. The van der Waals surface area contributed by atoms with Gasteiger partial charge in [0, 0.05) is 38.2 Å². The lowest BCUT2D eigenvalue weighted by Gasteiger charge is -2.28. The molecule has 3 amide bonds. The molecule has 0 bridgehead atoms. The maximum absolute atomic E-state index is 13.5. The van der Waals surface area contributed by atoms with Gasteiger partial charge in [-0.2, -0.15) is 0 Å². The van der Waals surface area contributed by atoms with Crippen molar-refractivity contribution in [2.45, 2.75) is 52.5 Å². The van der Waals surface area contributed by atoms with Crippen molar-refractivity contribution in [3.05, 3.63) is 65.2 Å². The van der Waals surface area contributed by atoms with E-state index in [2.05, 4.69) is 5.32 Å². The number of carbonyl (C=O) groups is 3. The van der Waals surface area contributed by atoms with Crippen LogP contribution in [0, 0.1) is 12.8 Å². The third-order valence-electron chi connectivity index (χ3n) is 6.65. The van der Waals surface area contributed by atoms with Crippen molar-refractivity contribution < 1.29 is 19.1 Å². The highest BCUT2D eigenvalue weighted by Gasteiger charge is 2.29. The molecular formula is C29H39N3O4. The fourth-order valence-corrected chi connectivity index (χ4v) is 4.57. The van der Waals surface area contributed by atoms with Crippen LogP contribution in [0.2, 0.25) is 0 Å². The number of benzene rings is 2. The summed E-state index contributed by atoms with van der Waals surface area (Å²) in [5.74, 6) is 0.856. The van der Waals surface area contributed by atoms with E-state index in [1.807, 2.05) is 73.0 Å². The average molecular weight is 494 g/mol. The smallest absolute Gasteiger partial charge is 0.252 e. The van der Waals surface area contributed by atoms with Gasteiger partial charge < -0.3 is 19.9 Å². The molecule has 0 aromatic heterocycles. The first-order valence-corrected chi connectivity index (χ1v) is 12.8. The van der Waals surface area contributed by atoms with E-state index in [1.165, 1.54) is 0 Å². The van der Waals surface area contributed by atoms with E-state index in [9.17, 15) is 14.4 Å². The third-order valence-corrected chi connectivity index (χ3v) is 6.65. The Balaban J connectivity index is 1.57. The van der Waals surface area contributed by atoms with E-state index < -0.39 is 6.04 Å². The molecule has 1 fully saturated rings. The number of nitrogens with one attached hydrogen (secondary N) is 1. The molecule has 0 spiro atoms. The first-order chi connectivity index (χ1) is 17.3. The van der Waals surface area contributed by atoms with Crippen molar-refractivity contribution in [2.24, 2.45) is 5.92 Å². The zero-order valence-corrected chi connectivity index (χ0v) is 22.0. The molecule has 1 unspecified atom stereocenters. The molecule has 194 valence electrons. The van der Waals surface area contributed by atoms with Gasteiger partial charge in [-0.15, -0.1) is 0 Å². The molecule has 1 atom stereocenters. The summed E-state index contributed by atoms with van der Waals surface area (Å²) in [5, 5.41) is 2.98. The number of nitrogens with zero attached hydrogens (tertiary/aromatic N) is 2. The van der Waals surface area contributed by atoms with Gasteiger partial charge >= 0.3 is 0 Å². The zero-order valence-electron chi connectivity index (χ0n) is 22.0. The van der Waals surface area contributed by atoms with Crippen molar-refractivity contribution >= 4 is 17.7 Å². The number of hydrogen-bond acceptors (Lipinski definition) is 4. The standard InChI is InChI=1S/C29H39N3O4/c1-21(2)20-26(30-28(34)25-9-6-5-8-22(25)3)29(35)32-17-7-16-31(18-19-32)27(33)15-12-23-10-13-24(36-4)14-11-23/h5-6,8-11,13-14,21,26H,7,12,15-20H2,1-4H3,(H,30,34). The summed E-state index contributed by atoms with van der Waals surface area (Å²) in [6.07, 6.45) is 2.39. The molecule has 7 nitrogen and oxygen atoms in total. The number of ether oxygens (including phenoxy) is 1. The van der Waals surface area contributed by atoms with Gasteiger partial charge in [-0.3, -0.25) is 14.4 Å². The Morgan fingerprint density at radius 1 is 0.944 bits per heavy atom. The quantitative estimate of drug-likeness (QED) is 0.576. The van der Waals surface area contributed by atoms with Gasteiger partial charge in [-0.25, -0.2) is 0 Å². The van der Waals surface area contributed by atoms with E-state index in [4.69, 9.17) is 4.74 Å². The summed E-state index contributed by atoms with van der Waals surface area (Å²) in [7, 11) is 1.63. The summed E-state index contributed by atoms with van der Waals surface area (Å²) >= 11 is 0. The van der Waals surface area contributed by atoms with E-state index >= 15 is 0 Å². The van der Waals surface area contributed by atoms with Gasteiger partial charge in [0.05, 0.1) is 7.11 Å². The van der Waals surface area contributed by atoms with Crippen LogP contribution in [0.5, 0.6) is 5.75 Å². The van der Waals surface area contributed by atoms with Gasteiger partial charge in [-0.05, 0) is 61.4 Å². The topological polar surface area (TPSA) is 79.0 Å². The normalized spacial score (nSPS) is 14.8. The highest BCUT2D eigenvalue weighted by molar-refractivity contribution is 5.98. The zero-order chi connectivity index (χ0) is 26.1. The summed E-state index contributed by atoms with van der Waals surface area (Å²) in [5.41, 5.74) is 2.56. The van der Waals surface area contributed by atoms with Gasteiger partial charge in [-0.1, -0.05) is 44.2 Å². The van der Waals surface area contributed by atoms with Crippen LogP contribution in [0.3, 0.4) is 0 Å². The lowest BCUT2D eigenvalue weighted by atomic mass is 10.0. The van der Waals surface area contributed by atoms with Gasteiger partial charge in [0.25, 0.3) is 5.91 Å². The Morgan fingerprint density at radius 2 is 1.61 bits per heavy atom. The Hall–Kier alpha value is -3.35. The van der Waals surface area contributed by atoms with E-state index in [0.29, 0.717) is 51.0 Å². The van der Waals surface area contributed by atoms with E-state index in [1.54, 1.807) is 13.2 Å². The van der Waals surface area contributed by atoms with Crippen LogP contribution in [0.15, 0.2) is 48.5 Å². The Morgan fingerprint density at radius 3 is 2.28 bits per heavy atom.